The normalized spacial score (nSPS) is 18.6. The fourth-order valence-corrected chi connectivity index (χ4v) is 4.29. The fourth-order valence-electron chi connectivity index (χ4n) is 3.76. The highest BCUT2D eigenvalue weighted by molar-refractivity contribution is 7.85. The van der Waals surface area contributed by atoms with E-state index in [1.54, 1.807) is 13.0 Å². The molecule has 0 heterocycles. The predicted molar refractivity (Wildman–Crippen MR) is 131 cm³/mol. The summed E-state index contributed by atoms with van der Waals surface area (Å²) in [5, 5.41) is 2.41. The van der Waals surface area contributed by atoms with Crippen LogP contribution in [-0.4, -0.2) is 43.8 Å². The zero-order valence-electron chi connectivity index (χ0n) is 20.5. The first-order valence-electron chi connectivity index (χ1n) is 11.0. The Morgan fingerprint density at radius 3 is 2.45 bits per heavy atom. The molecule has 0 aromatic rings. The van der Waals surface area contributed by atoms with E-state index in [4.69, 9.17) is 4.55 Å². The van der Waals surface area contributed by atoms with Crippen molar-refractivity contribution in [3.63, 3.8) is 0 Å². The molecule has 0 aromatic heterocycles. The number of ether oxygens (including phenoxy) is 1. The first-order chi connectivity index (χ1) is 15.2. The van der Waals surface area contributed by atoms with Crippen molar-refractivity contribution < 1.29 is 27.3 Å². The Labute approximate surface area is 198 Å². The van der Waals surface area contributed by atoms with Gasteiger partial charge < -0.3 is 10.1 Å². The maximum Gasteiger partial charge on any atom is 0.328 e. The van der Waals surface area contributed by atoms with Gasteiger partial charge in [-0.3, -0.25) is 9.35 Å². The summed E-state index contributed by atoms with van der Waals surface area (Å²) >= 11 is 0. The van der Waals surface area contributed by atoms with Crippen LogP contribution in [0.25, 0.3) is 0 Å². The van der Waals surface area contributed by atoms with Gasteiger partial charge in [0.2, 0.25) is 5.91 Å². The highest BCUT2D eigenvalue weighted by Gasteiger charge is 2.26. The minimum Gasteiger partial charge on any atom is -0.467 e. The molecule has 0 saturated heterocycles. The molecule has 7 nitrogen and oxygen atoms in total. The van der Waals surface area contributed by atoms with E-state index in [-0.39, 0.29) is 11.8 Å². The summed E-state index contributed by atoms with van der Waals surface area (Å²) in [5.41, 5.74) is 4.74. The molecular formula is C25H37NO6S. The number of methoxy groups -OCH3 is 1. The van der Waals surface area contributed by atoms with Crippen LogP contribution in [0.4, 0.5) is 0 Å². The number of esters is 1. The van der Waals surface area contributed by atoms with Crippen molar-refractivity contribution in [2.24, 2.45) is 5.41 Å². The van der Waals surface area contributed by atoms with Crippen molar-refractivity contribution in [2.45, 2.75) is 66.3 Å². The second-order valence-corrected chi connectivity index (χ2v) is 10.7. The van der Waals surface area contributed by atoms with Gasteiger partial charge in [0, 0.05) is 6.08 Å². The summed E-state index contributed by atoms with van der Waals surface area (Å²) in [7, 11) is -3.13. The van der Waals surface area contributed by atoms with Crippen LogP contribution >= 0.6 is 0 Å². The second-order valence-electron chi connectivity index (χ2n) is 9.08. The summed E-state index contributed by atoms with van der Waals surface area (Å²) in [4.78, 5) is 24.0. The van der Waals surface area contributed by atoms with E-state index < -0.39 is 33.8 Å². The van der Waals surface area contributed by atoms with Gasteiger partial charge in [-0.15, -0.1) is 0 Å². The topological polar surface area (TPSA) is 110 Å². The van der Waals surface area contributed by atoms with Gasteiger partial charge in [0.05, 0.1) is 12.9 Å². The maximum atomic E-state index is 12.2. The molecule has 1 aliphatic rings. The Morgan fingerprint density at radius 1 is 1.21 bits per heavy atom. The molecule has 33 heavy (non-hydrogen) atoms. The van der Waals surface area contributed by atoms with Crippen LogP contribution < -0.4 is 5.32 Å². The molecule has 0 fully saturated rings. The van der Waals surface area contributed by atoms with Crippen LogP contribution in [-0.2, 0) is 24.4 Å². The minimum atomic E-state index is -4.26. The number of carbonyl (C=O) groups is 2. The molecule has 1 rings (SSSR count). The Kier molecular flexibility index (Phi) is 11.0. The molecule has 1 aliphatic carbocycles. The molecule has 1 amide bonds. The van der Waals surface area contributed by atoms with E-state index in [0.717, 1.165) is 19.1 Å². The monoisotopic (exact) mass is 479 g/mol. The van der Waals surface area contributed by atoms with Crippen molar-refractivity contribution in [3.05, 3.63) is 58.7 Å². The molecule has 0 radical (unpaired) electrons. The van der Waals surface area contributed by atoms with Crippen LogP contribution in [0.2, 0.25) is 0 Å². The number of nitrogens with one attached hydrogen (secondary N) is 1. The lowest BCUT2D eigenvalue weighted by molar-refractivity contribution is -0.144. The summed E-state index contributed by atoms with van der Waals surface area (Å²) in [6.45, 7) is 10.5. The molecular weight excluding hydrogens is 442 g/mol. The summed E-state index contributed by atoms with van der Waals surface area (Å²) in [6.07, 6.45) is 14.4. The lowest BCUT2D eigenvalue weighted by Gasteiger charge is -2.32. The van der Waals surface area contributed by atoms with Crippen molar-refractivity contribution >= 4 is 22.0 Å². The van der Waals surface area contributed by atoms with E-state index in [1.165, 1.54) is 30.1 Å². The summed E-state index contributed by atoms with van der Waals surface area (Å²) < 4.78 is 35.3. The molecule has 0 aliphatic heterocycles. The number of allylic oxidation sites excluding steroid dienone is 9. The van der Waals surface area contributed by atoms with Gasteiger partial charge in [0.15, 0.2) is 0 Å². The van der Waals surface area contributed by atoms with Gasteiger partial charge in [0.25, 0.3) is 10.1 Å². The number of hydrogen-bond acceptors (Lipinski definition) is 5. The number of amides is 1. The molecule has 0 bridgehead atoms. The summed E-state index contributed by atoms with van der Waals surface area (Å²) in [5.74, 6) is -2.02. The third-order valence-corrected chi connectivity index (χ3v) is 6.35. The number of carbonyl (C=O) groups excluding carboxylic acids is 2. The van der Waals surface area contributed by atoms with E-state index in [1.807, 2.05) is 19.1 Å². The Balaban J connectivity index is 2.77. The van der Waals surface area contributed by atoms with Gasteiger partial charge in [0.1, 0.15) is 6.04 Å². The number of rotatable bonds is 10. The smallest absolute Gasteiger partial charge is 0.328 e. The van der Waals surface area contributed by atoms with Gasteiger partial charge >= 0.3 is 5.97 Å². The summed E-state index contributed by atoms with van der Waals surface area (Å²) in [6, 6.07) is -1.17. The molecule has 0 aromatic carbocycles. The highest BCUT2D eigenvalue weighted by Crippen LogP contribution is 2.40. The number of hydrogen-bond donors (Lipinski definition) is 2. The first kappa shape index (κ1) is 28.6. The lowest BCUT2D eigenvalue weighted by atomic mass is 9.72. The molecule has 0 unspecified atom stereocenters. The van der Waals surface area contributed by atoms with E-state index in [0.29, 0.717) is 5.57 Å². The zero-order chi connectivity index (χ0) is 25.2. The Hall–Kier alpha value is -2.45. The van der Waals surface area contributed by atoms with Crippen LogP contribution in [0.15, 0.2) is 58.7 Å². The molecule has 8 heteroatoms. The third-order valence-electron chi connectivity index (χ3n) is 5.60. The predicted octanol–water partition coefficient (Wildman–Crippen LogP) is 4.45. The van der Waals surface area contributed by atoms with Gasteiger partial charge in [-0.25, -0.2) is 4.79 Å². The van der Waals surface area contributed by atoms with Crippen LogP contribution in [0, 0.1) is 5.41 Å². The fraction of sp³-hybridized carbons (Fsp3) is 0.520. The Morgan fingerprint density at radius 2 is 1.88 bits per heavy atom. The molecule has 1 atom stereocenters. The Bertz CT molecular complexity index is 980. The average molecular weight is 480 g/mol. The quantitative estimate of drug-likeness (QED) is 0.207. The van der Waals surface area contributed by atoms with Crippen molar-refractivity contribution in [1.29, 1.82) is 0 Å². The molecule has 0 saturated carbocycles. The largest absolute Gasteiger partial charge is 0.467 e. The van der Waals surface area contributed by atoms with Crippen LogP contribution in [0.5, 0.6) is 0 Å². The van der Waals surface area contributed by atoms with Crippen molar-refractivity contribution in [2.75, 3.05) is 12.9 Å². The second kappa shape index (κ2) is 12.7. The van der Waals surface area contributed by atoms with Crippen molar-refractivity contribution in [3.8, 4) is 0 Å². The van der Waals surface area contributed by atoms with Crippen LogP contribution in [0.3, 0.4) is 0 Å². The van der Waals surface area contributed by atoms with Crippen molar-refractivity contribution in [1.82, 2.24) is 5.32 Å². The maximum absolute atomic E-state index is 12.2. The molecule has 184 valence electrons. The molecule has 0 spiro atoms. The van der Waals surface area contributed by atoms with Gasteiger partial charge in [-0.2, -0.15) is 8.42 Å². The SMILES string of the molecule is COC(=O)[C@H](CCS(=O)(=O)O)NC(=O)\C=C(C)/C=C/C=C(C)/C=C/C1=C(C)CCCC1(C)C. The van der Waals surface area contributed by atoms with Gasteiger partial charge in [-0.05, 0) is 63.0 Å². The average Bonchev–Trinajstić information content (AvgIpc) is 2.68. The van der Waals surface area contributed by atoms with E-state index in [9.17, 15) is 18.0 Å². The minimum absolute atomic E-state index is 0.186. The third kappa shape index (κ3) is 10.8. The molecule has 2 N–H and O–H groups in total. The van der Waals surface area contributed by atoms with E-state index >= 15 is 0 Å². The first-order valence-corrected chi connectivity index (χ1v) is 12.6. The highest BCUT2D eigenvalue weighted by atomic mass is 32.2. The van der Waals surface area contributed by atoms with Gasteiger partial charge in [-0.1, -0.05) is 55.4 Å². The van der Waals surface area contributed by atoms with E-state index in [2.05, 4.69) is 43.0 Å². The zero-order valence-corrected chi connectivity index (χ0v) is 21.3. The lowest BCUT2D eigenvalue weighted by Crippen LogP contribution is -2.42. The standard InChI is InChI=1S/C25H37NO6S/c1-18(12-13-21-20(3)11-8-15-25(21,4)5)9-7-10-19(2)17-23(27)26-22(24(28)32-6)14-16-33(29,30)31/h7,9-10,12-13,17,22H,8,11,14-16H2,1-6H3,(H,26,27)(H,29,30,31)/b10-7+,13-12+,18-9+,19-17-/t22-/m0/s1. The van der Waals surface area contributed by atoms with Crippen LogP contribution in [0.1, 0.15) is 60.3 Å².